The number of hydrogen-bond donors (Lipinski definition) is 2. The first-order valence-electron chi connectivity index (χ1n) is 4.10. The second-order valence-electron chi connectivity index (χ2n) is 3.07. The van der Waals surface area contributed by atoms with E-state index in [4.69, 9.17) is 5.41 Å². The largest absolute Gasteiger partial charge is 0.339 e. The van der Waals surface area contributed by atoms with Crippen LogP contribution >= 0.6 is 0 Å². The van der Waals surface area contributed by atoms with Gasteiger partial charge >= 0.3 is 0 Å². The lowest BCUT2D eigenvalue weighted by Gasteiger charge is -1.86. The zero-order chi connectivity index (χ0) is 8.84. The van der Waals surface area contributed by atoms with Crippen molar-refractivity contribution in [2.45, 2.75) is 0 Å². The van der Waals surface area contributed by atoms with E-state index in [1.807, 2.05) is 24.3 Å². The molecule has 3 heteroatoms. The van der Waals surface area contributed by atoms with Crippen LogP contribution in [0.4, 0.5) is 0 Å². The molecule has 13 heavy (non-hydrogen) atoms. The third-order valence-electron chi connectivity index (χ3n) is 2.24. The number of aromatic nitrogens is 1. The molecule has 2 heterocycles. The van der Waals surface area contributed by atoms with E-state index in [0.29, 0.717) is 5.84 Å². The SMILES string of the molecule is N=C1C=c2c([nH]c3ccccc23)=N1. The van der Waals surface area contributed by atoms with Gasteiger partial charge in [0.25, 0.3) is 0 Å². The van der Waals surface area contributed by atoms with Gasteiger partial charge in [0, 0.05) is 16.1 Å². The molecule has 1 aromatic heterocycles. The minimum atomic E-state index is 0.326. The predicted octanol–water partition coefficient (Wildman–Crippen LogP) is 0.559. The molecular weight excluding hydrogens is 162 g/mol. The zero-order valence-electron chi connectivity index (χ0n) is 6.83. The van der Waals surface area contributed by atoms with E-state index in [1.165, 1.54) is 0 Å². The standard InChI is InChI=1S/C10H7N3/c11-9-5-7-6-3-1-2-4-8(6)12-10(7)13-9/h1-5H,(H2,11,12,13). The number of H-pyrrole nitrogens is 1. The number of fused-ring (bicyclic) bond motifs is 3. The molecule has 0 amide bonds. The van der Waals surface area contributed by atoms with Gasteiger partial charge in [0.15, 0.2) is 0 Å². The van der Waals surface area contributed by atoms with Gasteiger partial charge in [0.1, 0.15) is 11.3 Å². The lowest BCUT2D eigenvalue weighted by Crippen LogP contribution is -2.18. The molecule has 0 bridgehead atoms. The first-order valence-corrected chi connectivity index (χ1v) is 4.10. The van der Waals surface area contributed by atoms with E-state index < -0.39 is 0 Å². The number of nitrogens with one attached hydrogen (secondary N) is 2. The quantitative estimate of drug-likeness (QED) is 0.579. The van der Waals surface area contributed by atoms with Crippen molar-refractivity contribution >= 4 is 22.8 Å². The van der Waals surface area contributed by atoms with Gasteiger partial charge < -0.3 is 4.98 Å². The van der Waals surface area contributed by atoms with Gasteiger partial charge in [-0.25, -0.2) is 4.99 Å². The van der Waals surface area contributed by atoms with Crippen molar-refractivity contribution in [1.29, 1.82) is 5.41 Å². The Hall–Kier alpha value is -1.90. The van der Waals surface area contributed by atoms with Crippen LogP contribution in [0.15, 0.2) is 29.3 Å². The maximum atomic E-state index is 7.38. The van der Waals surface area contributed by atoms with Crippen molar-refractivity contribution in [2.24, 2.45) is 4.99 Å². The van der Waals surface area contributed by atoms with Crippen LogP contribution in [0.5, 0.6) is 0 Å². The van der Waals surface area contributed by atoms with Crippen LogP contribution in [-0.2, 0) is 0 Å². The smallest absolute Gasteiger partial charge is 0.147 e. The molecule has 0 unspecified atom stereocenters. The molecule has 0 saturated heterocycles. The fourth-order valence-corrected chi connectivity index (χ4v) is 1.67. The summed E-state index contributed by atoms with van der Waals surface area (Å²) in [6.45, 7) is 0. The van der Waals surface area contributed by atoms with Crippen molar-refractivity contribution in [2.75, 3.05) is 0 Å². The van der Waals surface area contributed by atoms with Gasteiger partial charge in [0.2, 0.25) is 0 Å². The van der Waals surface area contributed by atoms with Gasteiger partial charge in [-0.2, -0.15) is 0 Å². The Bertz CT molecular complexity index is 619. The number of para-hydroxylation sites is 1. The highest BCUT2D eigenvalue weighted by molar-refractivity contribution is 6.10. The fourth-order valence-electron chi connectivity index (χ4n) is 1.67. The lowest BCUT2D eigenvalue weighted by atomic mass is 10.2. The molecule has 0 radical (unpaired) electrons. The minimum absolute atomic E-state index is 0.326. The molecule has 0 saturated carbocycles. The maximum Gasteiger partial charge on any atom is 0.147 e. The van der Waals surface area contributed by atoms with E-state index in [0.717, 1.165) is 21.6 Å². The summed E-state index contributed by atoms with van der Waals surface area (Å²) in [4.78, 5) is 7.23. The van der Waals surface area contributed by atoms with Crippen LogP contribution in [0.2, 0.25) is 0 Å². The van der Waals surface area contributed by atoms with Crippen molar-refractivity contribution in [1.82, 2.24) is 4.98 Å². The Morgan fingerprint density at radius 3 is 3.00 bits per heavy atom. The maximum absolute atomic E-state index is 7.38. The monoisotopic (exact) mass is 169 g/mol. The van der Waals surface area contributed by atoms with Crippen LogP contribution in [-0.4, -0.2) is 10.8 Å². The van der Waals surface area contributed by atoms with E-state index in [-0.39, 0.29) is 0 Å². The molecule has 1 aromatic carbocycles. The normalized spacial score (nSPS) is 14.0. The van der Waals surface area contributed by atoms with Crippen molar-refractivity contribution < 1.29 is 0 Å². The molecule has 3 rings (SSSR count). The summed E-state index contributed by atoms with van der Waals surface area (Å²) in [6, 6.07) is 8.03. The first-order chi connectivity index (χ1) is 6.34. The van der Waals surface area contributed by atoms with E-state index in [2.05, 4.69) is 9.98 Å². The molecule has 62 valence electrons. The van der Waals surface area contributed by atoms with Crippen LogP contribution < -0.4 is 10.7 Å². The molecule has 2 aromatic rings. The first kappa shape index (κ1) is 6.60. The molecule has 0 aliphatic carbocycles. The van der Waals surface area contributed by atoms with Gasteiger partial charge in [-0.05, 0) is 12.1 Å². The zero-order valence-corrected chi connectivity index (χ0v) is 6.83. The summed E-state index contributed by atoms with van der Waals surface area (Å²) in [7, 11) is 0. The third kappa shape index (κ3) is 0.783. The van der Waals surface area contributed by atoms with Gasteiger partial charge in [0.05, 0.1) is 0 Å². The summed E-state index contributed by atoms with van der Waals surface area (Å²) in [6.07, 6.45) is 1.79. The minimum Gasteiger partial charge on any atom is -0.339 e. The van der Waals surface area contributed by atoms with E-state index in [1.54, 1.807) is 6.08 Å². The number of hydrogen-bond acceptors (Lipinski definition) is 1. The van der Waals surface area contributed by atoms with Gasteiger partial charge in [-0.15, -0.1) is 0 Å². The van der Waals surface area contributed by atoms with Crippen molar-refractivity contribution in [3.05, 3.63) is 35.0 Å². The number of rotatable bonds is 0. The second-order valence-corrected chi connectivity index (χ2v) is 3.07. The molecule has 0 spiro atoms. The van der Waals surface area contributed by atoms with Crippen molar-refractivity contribution in [3.8, 4) is 0 Å². The summed E-state index contributed by atoms with van der Waals surface area (Å²) in [5, 5.41) is 9.57. The molecule has 0 fully saturated rings. The van der Waals surface area contributed by atoms with Crippen molar-refractivity contribution in [3.63, 3.8) is 0 Å². The molecule has 0 atom stereocenters. The Morgan fingerprint density at radius 2 is 2.08 bits per heavy atom. The van der Waals surface area contributed by atoms with E-state index >= 15 is 0 Å². The number of nitrogens with zero attached hydrogens (tertiary/aromatic N) is 1. The summed E-state index contributed by atoms with van der Waals surface area (Å²) >= 11 is 0. The highest BCUT2D eigenvalue weighted by Gasteiger charge is 2.05. The number of aromatic amines is 1. The highest BCUT2D eigenvalue weighted by atomic mass is 14.9. The molecule has 1 aliphatic rings. The van der Waals surface area contributed by atoms with Crippen LogP contribution in [0.1, 0.15) is 0 Å². The highest BCUT2D eigenvalue weighted by Crippen LogP contribution is 2.04. The Balaban J connectivity index is 2.66. The van der Waals surface area contributed by atoms with Gasteiger partial charge in [-0.1, -0.05) is 18.2 Å². The summed E-state index contributed by atoms with van der Waals surface area (Å²) in [5.74, 6) is 0.326. The fraction of sp³-hybridized carbons (Fsp3) is 0. The molecule has 2 N–H and O–H groups in total. The Labute approximate surface area is 73.9 Å². The lowest BCUT2D eigenvalue weighted by molar-refractivity contribution is 1.24. The average Bonchev–Trinajstić information content (AvgIpc) is 2.60. The summed E-state index contributed by atoms with van der Waals surface area (Å²) < 4.78 is 0. The van der Waals surface area contributed by atoms with E-state index in [9.17, 15) is 0 Å². The summed E-state index contributed by atoms with van der Waals surface area (Å²) in [5.41, 5.74) is 1.89. The van der Waals surface area contributed by atoms with Crippen LogP contribution in [0.3, 0.4) is 0 Å². The molecular formula is C10H7N3. The predicted molar refractivity (Wildman–Crippen MR) is 51.3 cm³/mol. The Morgan fingerprint density at radius 1 is 1.23 bits per heavy atom. The second kappa shape index (κ2) is 2.07. The molecule has 1 aliphatic heterocycles. The third-order valence-corrected chi connectivity index (χ3v) is 2.24. The molecule has 3 nitrogen and oxygen atoms in total. The number of benzene rings is 1. The number of amidine groups is 1. The Kier molecular flexibility index (Phi) is 1.05. The average molecular weight is 169 g/mol. The topological polar surface area (TPSA) is 52.0 Å². The van der Waals surface area contributed by atoms with Gasteiger partial charge in [-0.3, -0.25) is 5.41 Å². The van der Waals surface area contributed by atoms with Crippen LogP contribution in [0.25, 0.3) is 17.0 Å². The van der Waals surface area contributed by atoms with Crippen LogP contribution in [0, 0.1) is 5.41 Å².